The van der Waals surface area contributed by atoms with E-state index < -0.39 is 10.0 Å². The predicted molar refractivity (Wildman–Crippen MR) is 146 cm³/mol. The molecule has 0 aliphatic carbocycles. The molecule has 3 aromatic carbocycles. The molecule has 0 saturated carbocycles. The van der Waals surface area contributed by atoms with Gasteiger partial charge in [-0.1, -0.05) is 48.5 Å². The molecule has 0 aromatic heterocycles. The van der Waals surface area contributed by atoms with Gasteiger partial charge in [-0.25, -0.2) is 8.42 Å². The Balaban J connectivity index is 1.43. The lowest BCUT2D eigenvalue weighted by molar-refractivity contribution is -0.128. The Morgan fingerprint density at radius 1 is 1.00 bits per heavy atom. The lowest BCUT2D eigenvalue weighted by Crippen LogP contribution is -2.30. The third kappa shape index (κ3) is 6.57. The van der Waals surface area contributed by atoms with Gasteiger partial charge in [-0.2, -0.15) is 0 Å². The van der Waals surface area contributed by atoms with E-state index in [2.05, 4.69) is 5.32 Å². The van der Waals surface area contributed by atoms with E-state index in [0.717, 1.165) is 40.8 Å². The van der Waals surface area contributed by atoms with E-state index in [1.54, 1.807) is 24.3 Å². The third-order valence-electron chi connectivity index (χ3n) is 6.67. The van der Waals surface area contributed by atoms with E-state index in [1.165, 1.54) is 10.6 Å². The zero-order valence-electron chi connectivity index (χ0n) is 21.5. The van der Waals surface area contributed by atoms with Crippen LogP contribution in [0.4, 0.5) is 5.69 Å². The van der Waals surface area contributed by atoms with Crippen molar-refractivity contribution < 1.29 is 18.0 Å². The number of sulfonamides is 1. The number of nitrogens with one attached hydrogen (secondary N) is 1. The standard InChI is InChI=1S/C29H33N3O4S/c1-21-10-11-22(2)27(17-21)32(37(3,35)36)19-23-12-14-24(15-13-23)29(34)30-18-25-7-4-5-8-26(25)20-31-16-6-9-28(31)33/h4-5,7-8,10-15,17H,6,9,16,18-20H2,1-3H3,(H,30,34). The van der Waals surface area contributed by atoms with Crippen LogP contribution in [0.15, 0.2) is 66.7 Å². The van der Waals surface area contributed by atoms with Crippen LogP contribution in [0.25, 0.3) is 0 Å². The largest absolute Gasteiger partial charge is 0.348 e. The van der Waals surface area contributed by atoms with Crippen LogP contribution in [-0.2, 0) is 34.5 Å². The number of hydrogen-bond acceptors (Lipinski definition) is 4. The van der Waals surface area contributed by atoms with Crippen molar-refractivity contribution in [3.8, 4) is 0 Å². The highest BCUT2D eigenvalue weighted by molar-refractivity contribution is 7.92. The van der Waals surface area contributed by atoms with E-state index in [0.29, 0.717) is 30.8 Å². The summed E-state index contributed by atoms with van der Waals surface area (Å²) >= 11 is 0. The van der Waals surface area contributed by atoms with Gasteiger partial charge in [0.15, 0.2) is 0 Å². The smallest absolute Gasteiger partial charge is 0.251 e. The number of carbonyl (C=O) groups is 2. The summed E-state index contributed by atoms with van der Waals surface area (Å²) in [7, 11) is -3.51. The van der Waals surface area contributed by atoms with Gasteiger partial charge in [0, 0.05) is 31.6 Å². The normalized spacial score (nSPS) is 13.6. The van der Waals surface area contributed by atoms with Crippen molar-refractivity contribution in [3.63, 3.8) is 0 Å². The summed E-state index contributed by atoms with van der Waals surface area (Å²) in [4.78, 5) is 26.7. The summed E-state index contributed by atoms with van der Waals surface area (Å²) < 4.78 is 26.6. The molecule has 1 aliphatic rings. The molecule has 0 bridgehead atoms. The number of likely N-dealkylation sites (tertiary alicyclic amines) is 1. The molecule has 194 valence electrons. The lowest BCUT2D eigenvalue weighted by Gasteiger charge is -2.25. The van der Waals surface area contributed by atoms with Gasteiger partial charge in [0.25, 0.3) is 5.91 Å². The highest BCUT2D eigenvalue weighted by Crippen LogP contribution is 2.26. The fourth-order valence-corrected chi connectivity index (χ4v) is 5.47. The molecule has 1 N–H and O–H groups in total. The van der Waals surface area contributed by atoms with E-state index in [4.69, 9.17) is 0 Å². The second-order valence-corrected chi connectivity index (χ2v) is 11.5. The topological polar surface area (TPSA) is 86.8 Å². The van der Waals surface area contributed by atoms with Gasteiger partial charge >= 0.3 is 0 Å². The summed E-state index contributed by atoms with van der Waals surface area (Å²) in [6.45, 7) is 5.67. The maximum absolute atomic E-state index is 12.8. The first kappa shape index (κ1) is 26.4. The molecule has 1 heterocycles. The van der Waals surface area contributed by atoms with Crippen LogP contribution in [0.1, 0.15) is 51.0 Å². The molecule has 0 unspecified atom stereocenters. The van der Waals surface area contributed by atoms with Crippen molar-refractivity contribution in [1.82, 2.24) is 10.2 Å². The van der Waals surface area contributed by atoms with Crippen molar-refractivity contribution >= 4 is 27.5 Å². The van der Waals surface area contributed by atoms with Gasteiger partial charge in [0.2, 0.25) is 15.9 Å². The molecule has 3 aromatic rings. The Morgan fingerprint density at radius 2 is 1.70 bits per heavy atom. The number of rotatable bonds is 9. The monoisotopic (exact) mass is 519 g/mol. The van der Waals surface area contributed by atoms with Crippen molar-refractivity contribution in [1.29, 1.82) is 0 Å². The maximum atomic E-state index is 12.8. The van der Waals surface area contributed by atoms with Gasteiger partial charge < -0.3 is 10.2 Å². The fourth-order valence-electron chi connectivity index (χ4n) is 4.54. The van der Waals surface area contributed by atoms with Crippen molar-refractivity contribution in [3.05, 3.63) is 100 Å². The van der Waals surface area contributed by atoms with Gasteiger partial charge in [-0.05, 0) is 66.3 Å². The summed E-state index contributed by atoms with van der Waals surface area (Å²) in [6, 6.07) is 20.6. The zero-order valence-corrected chi connectivity index (χ0v) is 22.3. The summed E-state index contributed by atoms with van der Waals surface area (Å²) in [6.07, 6.45) is 2.69. The van der Waals surface area contributed by atoms with Gasteiger partial charge in [0.05, 0.1) is 18.5 Å². The average Bonchev–Trinajstić information content (AvgIpc) is 3.27. The number of hydrogen-bond donors (Lipinski definition) is 1. The van der Waals surface area contributed by atoms with Crippen LogP contribution >= 0.6 is 0 Å². The SMILES string of the molecule is Cc1ccc(C)c(N(Cc2ccc(C(=O)NCc3ccccc3CN3CCCC3=O)cc2)S(C)(=O)=O)c1. The van der Waals surface area contributed by atoms with E-state index in [9.17, 15) is 18.0 Å². The quantitative estimate of drug-likeness (QED) is 0.456. The Kier molecular flexibility index (Phi) is 7.97. The number of amides is 2. The molecule has 0 radical (unpaired) electrons. The predicted octanol–water partition coefficient (Wildman–Crippen LogP) is 4.32. The molecule has 1 aliphatic heterocycles. The molecule has 4 rings (SSSR count). The first-order valence-corrected chi connectivity index (χ1v) is 14.2. The second kappa shape index (κ2) is 11.2. The zero-order chi connectivity index (χ0) is 26.6. The average molecular weight is 520 g/mol. The Labute approximate surface area is 219 Å². The minimum atomic E-state index is -3.51. The van der Waals surface area contributed by atoms with Crippen molar-refractivity contribution in [2.75, 3.05) is 17.1 Å². The van der Waals surface area contributed by atoms with E-state index >= 15 is 0 Å². The lowest BCUT2D eigenvalue weighted by atomic mass is 10.1. The maximum Gasteiger partial charge on any atom is 0.251 e. The van der Waals surface area contributed by atoms with Gasteiger partial charge in [-0.3, -0.25) is 13.9 Å². The van der Waals surface area contributed by atoms with Crippen molar-refractivity contribution in [2.45, 2.75) is 46.3 Å². The van der Waals surface area contributed by atoms with Crippen LogP contribution in [0.3, 0.4) is 0 Å². The minimum Gasteiger partial charge on any atom is -0.348 e. The van der Waals surface area contributed by atoms with Gasteiger partial charge in [0.1, 0.15) is 0 Å². The third-order valence-corrected chi connectivity index (χ3v) is 7.79. The highest BCUT2D eigenvalue weighted by atomic mass is 32.2. The minimum absolute atomic E-state index is 0.172. The second-order valence-electron chi connectivity index (χ2n) is 9.63. The molecule has 37 heavy (non-hydrogen) atoms. The molecule has 1 fully saturated rings. The first-order valence-electron chi connectivity index (χ1n) is 12.4. The number of carbonyl (C=O) groups excluding carboxylic acids is 2. The summed E-state index contributed by atoms with van der Waals surface area (Å²) in [5.74, 6) is -0.0426. The first-order chi connectivity index (χ1) is 17.6. The fraction of sp³-hybridized carbons (Fsp3) is 0.310. The van der Waals surface area contributed by atoms with Crippen LogP contribution in [0.5, 0.6) is 0 Å². The molecule has 1 saturated heterocycles. The number of anilines is 1. The molecule has 0 spiro atoms. The molecule has 7 nitrogen and oxygen atoms in total. The Bertz CT molecular complexity index is 1400. The van der Waals surface area contributed by atoms with Crippen LogP contribution in [0.2, 0.25) is 0 Å². The Morgan fingerprint density at radius 3 is 2.35 bits per heavy atom. The molecule has 8 heteroatoms. The molecular weight excluding hydrogens is 486 g/mol. The van der Waals surface area contributed by atoms with E-state index in [1.807, 2.05) is 61.2 Å². The Hall–Kier alpha value is -3.65. The van der Waals surface area contributed by atoms with Crippen LogP contribution in [0, 0.1) is 13.8 Å². The molecule has 0 atom stereocenters. The summed E-state index contributed by atoms with van der Waals surface area (Å²) in [5.41, 5.74) is 5.79. The summed E-state index contributed by atoms with van der Waals surface area (Å²) in [5, 5.41) is 2.97. The highest BCUT2D eigenvalue weighted by Gasteiger charge is 2.22. The molecular formula is C29H33N3O4S. The van der Waals surface area contributed by atoms with E-state index in [-0.39, 0.29) is 18.4 Å². The number of benzene rings is 3. The number of aryl methyl sites for hydroxylation is 2. The van der Waals surface area contributed by atoms with Crippen LogP contribution in [-0.4, -0.2) is 37.9 Å². The van der Waals surface area contributed by atoms with Gasteiger partial charge in [-0.15, -0.1) is 0 Å². The van der Waals surface area contributed by atoms with Crippen LogP contribution < -0.4 is 9.62 Å². The van der Waals surface area contributed by atoms with Crippen molar-refractivity contribution in [2.24, 2.45) is 0 Å². The number of nitrogens with zero attached hydrogens (tertiary/aromatic N) is 2. The molecule has 2 amide bonds.